The minimum Gasteiger partial charge on any atom is -0.389 e. The van der Waals surface area contributed by atoms with Gasteiger partial charge in [0.2, 0.25) is 0 Å². The molecule has 1 atom stereocenters. The van der Waals surface area contributed by atoms with Crippen LogP contribution in [-0.4, -0.2) is 41.3 Å². The minimum absolute atomic E-state index is 0.153. The van der Waals surface area contributed by atoms with Gasteiger partial charge in [-0.25, -0.2) is 0 Å². The molecule has 17 heavy (non-hydrogen) atoms. The molecule has 2 rings (SSSR count). The second-order valence-electron chi connectivity index (χ2n) is 5.38. The van der Waals surface area contributed by atoms with Crippen LogP contribution < -0.4 is 5.32 Å². The van der Waals surface area contributed by atoms with E-state index in [9.17, 15) is 5.11 Å². The Hall–Kier alpha value is -0.900. The summed E-state index contributed by atoms with van der Waals surface area (Å²) in [5.41, 5.74) is 0.680. The number of hydrogen-bond donors (Lipinski definition) is 2. The zero-order valence-corrected chi connectivity index (χ0v) is 10.7. The van der Waals surface area contributed by atoms with Crippen LogP contribution >= 0.6 is 0 Å². The Morgan fingerprint density at radius 3 is 2.71 bits per heavy atom. The average Bonchev–Trinajstić information content (AvgIpc) is 2.29. The highest BCUT2D eigenvalue weighted by Gasteiger charge is 2.30. The standard InChI is InChI=1S/C14H22N2O/c1-14(2,17)13-11-16(9-8-15-13)10-12-6-4-3-5-7-12/h3-7,13,15,17H,8-11H2,1-2H3. The molecular weight excluding hydrogens is 212 g/mol. The molecule has 1 aromatic rings. The molecule has 3 heteroatoms. The molecular formula is C14H22N2O. The number of aliphatic hydroxyl groups is 1. The van der Waals surface area contributed by atoms with Crippen molar-refractivity contribution in [2.75, 3.05) is 19.6 Å². The molecule has 0 radical (unpaired) electrons. The molecule has 0 spiro atoms. The Labute approximate surface area is 103 Å². The normalized spacial score (nSPS) is 22.6. The molecule has 94 valence electrons. The fourth-order valence-corrected chi connectivity index (χ4v) is 2.27. The van der Waals surface area contributed by atoms with Gasteiger partial charge in [-0.1, -0.05) is 30.3 Å². The van der Waals surface area contributed by atoms with E-state index >= 15 is 0 Å². The lowest BCUT2D eigenvalue weighted by atomic mass is 9.96. The molecule has 1 aromatic carbocycles. The van der Waals surface area contributed by atoms with Crippen molar-refractivity contribution in [2.24, 2.45) is 0 Å². The first-order chi connectivity index (χ1) is 8.05. The Bertz CT molecular complexity index is 345. The topological polar surface area (TPSA) is 35.5 Å². The van der Waals surface area contributed by atoms with Gasteiger partial charge in [0.05, 0.1) is 5.60 Å². The maximum Gasteiger partial charge on any atom is 0.0756 e. The van der Waals surface area contributed by atoms with E-state index in [1.54, 1.807) is 0 Å². The quantitative estimate of drug-likeness (QED) is 0.826. The summed E-state index contributed by atoms with van der Waals surface area (Å²) in [6.07, 6.45) is 0. The molecule has 1 saturated heterocycles. The van der Waals surface area contributed by atoms with E-state index in [0.29, 0.717) is 0 Å². The summed E-state index contributed by atoms with van der Waals surface area (Å²) in [4.78, 5) is 2.40. The van der Waals surface area contributed by atoms with Gasteiger partial charge in [0.1, 0.15) is 0 Å². The first-order valence-corrected chi connectivity index (χ1v) is 6.28. The van der Waals surface area contributed by atoms with E-state index in [-0.39, 0.29) is 6.04 Å². The summed E-state index contributed by atoms with van der Waals surface area (Å²) in [7, 11) is 0. The van der Waals surface area contributed by atoms with Gasteiger partial charge in [-0.2, -0.15) is 0 Å². The SMILES string of the molecule is CC(C)(O)C1CN(Cc2ccccc2)CCN1. The lowest BCUT2D eigenvalue weighted by Crippen LogP contribution is -2.58. The predicted molar refractivity (Wildman–Crippen MR) is 69.8 cm³/mol. The van der Waals surface area contributed by atoms with Crippen molar-refractivity contribution < 1.29 is 5.11 Å². The molecule has 1 fully saturated rings. The predicted octanol–water partition coefficient (Wildman–Crippen LogP) is 1.23. The van der Waals surface area contributed by atoms with E-state index < -0.39 is 5.60 Å². The molecule has 1 aliphatic rings. The van der Waals surface area contributed by atoms with Crippen molar-refractivity contribution >= 4 is 0 Å². The van der Waals surface area contributed by atoms with Crippen molar-refractivity contribution in [3.8, 4) is 0 Å². The summed E-state index contributed by atoms with van der Waals surface area (Å²) in [5.74, 6) is 0. The first kappa shape index (κ1) is 12.6. The number of piperazine rings is 1. The van der Waals surface area contributed by atoms with Gasteiger partial charge in [0.25, 0.3) is 0 Å². The molecule has 0 saturated carbocycles. The largest absolute Gasteiger partial charge is 0.389 e. The van der Waals surface area contributed by atoms with Crippen molar-refractivity contribution in [1.29, 1.82) is 0 Å². The summed E-state index contributed by atoms with van der Waals surface area (Å²) < 4.78 is 0. The second kappa shape index (κ2) is 5.17. The molecule has 1 heterocycles. The third kappa shape index (κ3) is 3.53. The zero-order chi connectivity index (χ0) is 12.3. The van der Waals surface area contributed by atoms with Crippen molar-refractivity contribution in [3.05, 3.63) is 35.9 Å². The van der Waals surface area contributed by atoms with Crippen molar-refractivity contribution in [1.82, 2.24) is 10.2 Å². The van der Waals surface area contributed by atoms with E-state index in [4.69, 9.17) is 0 Å². The van der Waals surface area contributed by atoms with Crippen LogP contribution in [0.1, 0.15) is 19.4 Å². The summed E-state index contributed by atoms with van der Waals surface area (Å²) >= 11 is 0. The first-order valence-electron chi connectivity index (χ1n) is 6.28. The highest BCUT2D eigenvalue weighted by Crippen LogP contribution is 2.15. The summed E-state index contributed by atoms with van der Waals surface area (Å²) in [6.45, 7) is 7.60. The summed E-state index contributed by atoms with van der Waals surface area (Å²) in [6, 6.07) is 10.7. The molecule has 0 aromatic heterocycles. The van der Waals surface area contributed by atoms with Crippen LogP contribution in [-0.2, 0) is 6.54 Å². The number of rotatable bonds is 3. The maximum absolute atomic E-state index is 10.0. The van der Waals surface area contributed by atoms with Gasteiger partial charge in [0, 0.05) is 32.2 Å². The van der Waals surface area contributed by atoms with Crippen LogP contribution in [0.15, 0.2) is 30.3 Å². The number of nitrogens with one attached hydrogen (secondary N) is 1. The molecule has 3 nitrogen and oxygen atoms in total. The minimum atomic E-state index is -0.657. The lowest BCUT2D eigenvalue weighted by Gasteiger charge is -2.39. The van der Waals surface area contributed by atoms with Crippen molar-refractivity contribution in [2.45, 2.75) is 32.0 Å². The molecule has 2 N–H and O–H groups in total. The Balaban J connectivity index is 1.94. The van der Waals surface area contributed by atoms with E-state index in [1.165, 1.54) is 5.56 Å². The molecule has 1 unspecified atom stereocenters. The maximum atomic E-state index is 10.0. The van der Waals surface area contributed by atoms with E-state index in [0.717, 1.165) is 26.2 Å². The molecule has 1 aliphatic heterocycles. The highest BCUT2D eigenvalue weighted by molar-refractivity contribution is 5.14. The van der Waals surface area contributed by atoms with E-state index in [1.807, 2.05) is 19.9 Å². The van der Waals surface area contributed by atoms with Crippen LogP contribution in [0.2, 0.25) is 0 Å². The van der Waals surface area contributed by atoms with Gasteiger partial charge in [0.15, 0.2) is 0 Å². The molecule has 0 amide bonds. The number of nitrogens with zero attached hydrogens (tertiary/aromatic N) is 1. The Kier molecular flexibility index (Phi) is 3.82. The third-order valence-corrected chi connectivity index (χ3v) is 3.36. The van der Waals surface area contributed by atoms with Gasteiger partial charge in [-0.15, -0.1) is 0 Å². The summed E-state index contributed by atoms with van der Waals surface area (Å²) in [5, 5.41) is 13.4. The Morgan fingerprint density at radius 2 is 2.06 bits per heavy atom. The van der Waals surface area contributed by atoms with Crippen LogP contribution in [0.3, 0.4) is 0 Å². The fourth-order valence-electron chi connectivity index (χ4n) is 2.27. The number of benzene rings is 1. The van der Waals surface area contributed by atoms with Crippen LogP contribution in [0.25, 0.3) is 0 Å². The monoisotopic (exact) mass is 234 g/mol. The van der Waals surface area contributed by atoms with Crippen LogP contribution in [0.4, 0.5) is 0 Å². The lowest BCUT2D eigenvalue weighted by molar-refractivity contribution is 0.00800. The van der Waals surface area contributed by atoms with Gasteiger partial charge in [-0.05, 0) is 19.4 Å². The Morgan fingerprint density at radius 1 is 1.35 bits per heavy atom. The zero-order valence-electron chi connectivity index (χ0n) is 10.7. The highest BCUT2D eigenvalue weighted by atomic mass is 16.3. The molecule has 0 bridgehead atoms. The van der Waals surface area contributed by atoms with Gasteiger partial charge < -0.3 is 10.4 Å². The van der Waals surface area contributed by atoms with Gasteiger partial charge >= 0.3 is 0 Å². The van der Waals surface area contributed by atoms with Crippen LogP contribution in [0.5, 0.6) is 0 Å². The third-order valence-electron chi connectivity index (χ3n) is 3.36. The smallest absolute Gasteiger partial charge is 0.0756 e. The molecule has 0 aliphatic carbocycles. The van der Waals surface area contributed by atoms with Crippen molar-refractivity contribution in [3.63, 3.8) is 0 Å². The second-order valence-corrected chi connectivity index (χ2v) is 5.38. The average molecular weight is 234 g/mol. The fraction of sp³-hybridized carbons (Fsp3) is 0.571. The number of hydrogen-bond acceptors (Lipinski definition) is 3. The van der Waals surface area contributed by atoms with Crippen LogP contribution in [0, 0.1) is 0 Å². The van der Waals surface area contributed by atoms with E-state index in [2.05, 4.69) is 34.5 Å². The van der Waals surface area contributed by atoms with Gasteiger partial charge in [-0.3, -0.25) is 4.90 Å².